The number of nitrogens with zero attached hydrogens (tertiary/aromatic N) is 4. The van der Waals surface area contributed by atoms with Crippen molar-refractivity contribution in [3.8, 4) is 23.3 Å². The van der Waals surface area contributed by atoms with Crippen molar-refractivity contribution in [2.75, 3.05) is 6.61 Å². The third kappa shape index (κ3) is 9.11. The second-order valence-corrected chi connectivity index (χ2v) is 9.44. The predicted molar refractivity (Wildman–Crippen MR) is 155 cm³/mol. The van der Waals surface area contributed by atoms with Crippen molar-refractivity contribution in [1.29, 1.82) is 0 Å². The molecule has 0 amide bonds. The summed E-state index contributed by atoms with van der Waals surface area (Å²) in [4.78, 5) is 37.9. The van der Waals surface area contributed by atoms with Gasteiger partial charge in [0.25, 0.3) is 0 Å². The van der Waals surface area contributed by atoms with Crippen molar-refractivity contribution in [2.45, 2.75) is 32.0 Å². The predicted octanol–water partition coefficient (Wildman–Crippen LogP) is -1.69. The summed E-state index contributed by atoms with van der Waals surface area (Å²) in [5, 5.41) is 28.7. The Balaban J connectivity index is 0.000000241. The van der Waals surface area contributed by atoms with E-state index in [9.17, 15) is 19.6 Å². The monoisotopic (exact) mass is 624 g/mol. The van der Waals surface area contributed by atoms with Crippen molar-refractivity contribution in [3.05, 3.63) is 84.7 Å². The first kappa shape index (κ1) is 36.1. The molecule has 0 saturated carbocycles. The van der Waals surface area contributed by atoms with Crippen LogP contribution in [0.15, 0.2) is 73.6 Å². The minimum atomic E-state index is -1.15. The smallest absolute Gasteiger partial charge is 0.870 e. The Kier molecular flexibility index (Phi) is 13.2. The van der Waals surface area contributed by atoms with E-state index in [1.165, 1.54) is 12.7 Å². The first-order chi connectivity index (χ1) is 21.3. The average molecular weight is 624 g/mol. The Morgan fingerprint density at radius 2 is 1.28 bits per heavy atom. The third-order valence-corrected chi connectivity index (χ3v) is 6.50. The first-order valence-corrected chi connectivity index (χ1v) is 13.5. The van der Waals surface area contributed by atoms with Crippen LogP contribution in [0.5, 0.6) is 23.3 Å². The molecule has 2 aliphatic heterocycles. The van der Waals surface area contributed by atoms with Crippen LogP contribution in [0, 0.1) is 0 Å². The quantitative estimate of drug-likeness (QED) is 0.140. The number of carbonyl (C=O) groups excluding carboxylic acids is 1. The van der Waals surface area contributed by atoms with Gasteiger partial charge >= 0.3 is 45.0 Å². The van der Waals surface area contributed by atoms with Gasteiger partial charge in [-0.1, -0.05) is 12.1 Å². The number of esters is 1. The molecule has 4 aromatic rings. The molecule has 0 aliphatic carbocycles. The minimum Gasteiger partial charge on any atom is -0.870 e. The van der Waals surface area contributed by atoms with Crippen molar-refractivity contribution in [2.24, 2.45) is 0 Å². The molecule has 15 nitrogen and oxygen atoms in total. The third-order valence-electron chi connectivity index (χ3n) is 6.50. The van der Waals surface area contributed by atoms with Gasteiger partial charge in [-0.15, -0.1) is 0 Å². The molecule has 0 spiro atoms. The molecular weight excluding hydrogens is 597 g/mol. The van der Waals surface area contributed by atoms with Gasteiger partial charge in [0.05, 0.1) is 31.7 Å². The first-order valence-electron chi connectivity index (χ1n) is 13.5. The summed E-state index contributed by atoms with van der Waals surface area (Å²) < 4.78 is 26.7. The Morgan fingerprint density at radius 3 is 1.70 bits per heavy atom. The summed E-state index contributed by atoms with van der Waals surface area (Å²) >= 11 is 0. The van der Waals surface area contributed by atoms with E-state index >= 15 is 0 Å². The Labute approximate surface area is 275 Å². The van der Waals surface area contributed by atoms with Crippen LogP contribution in [0.2, 0.25) is 0 Å². The van der Waals surface area contributed by atoms with Gasteiger partial charge in [0.1, 0.15) is 24.2 Å². The fraction of sp³-hybridized carbons (Fsp3) is 0.214. The van der Waals surface area contributed by atoms with Crippen LogP contribution < -0.4 is 39.3 Å². The Morgan fingerprint density at radius 1 is 0.804 bits per heavy atom. The van der Waals surface area contributed by atoms with E-state index in [0.29, 0.717) is 46.4 Å². The maximum absolute atomic E-state index is 11.6. The summed E-state index contributed by atoms with van der Waals surface area (Å²) in [6.07, 6.45) is 4.56. The summed E-state index contributed by atoms with van der Waals surface area (Å²) in [6, 6.07) is 13.4. The molecule has 2 aromatic heterocycles. The fourth-order valence-electron chi connectivity index (χ4n) is 4.62. The van der Waals surface area contributed by atoms with Gasteiger partial charge < -0.3 is 44.2 Å². The zero-order valence-electron chi connectivity index (χ0n) is 24.8. The Hall–Kier alpha value is -4.33. The zero-order chi connectivity index (χ0) is 31.1. The van der Waals surface area contributed by atoms with E-state index in [0.717, 1.165) is 5.56 Å². The summed E-state index contributed by atoms with van der Waals surface area (Å²) in [5.41, 5.74) is 2.49. The van der Waals surface area contributed by atoms with Crippen LogP contribution in [-0.2, 0) is 23.6 Å². The van der Waals surface area contributed by atoms with Crippen LogP contribution >= 0.6 is 0 Å². The number of hydrogen-bond acceptors (Lipinski definition) is 14. The second kappa shape index (κ2) is 16.8. The molecule has 232 valence electrons. The molecule has 0 saturated heterocycles. The molecule has 2 aliphatic rings. The number of ether oxygens (including phenoxy) is 3. The fourth-order valence-corrected chi connectivity index (χ4v) is 4.62. The van der Waals surface area contributed by atoms with E-state index < -0.39 is 32.4 Å². The van der Waals surface area contributed by atoms with Crippen LogP contribution in [0.3, 0.4) is 0 Å². The molecule has 0 radical (unpaired) electrons. The molecule has 2 unspecified atom stereocenters. The van der Waals surface area contributed by atoms with Gasteiger partial charge in [0, 0.05) is 24.5 Å². The van der Waals surface area contributed by atoms with E-state index in [-0.39, 0.29) is 43.1 Å². The van der Waals surface area contributed by atoms with Crippen LogP contribution in [0.25, 0.3) is 0 Å². The van der Waals surface area contributed by atoms with E-state index in [2.05, 4.69) is 19.9 Å². The molecule has 4 heterocycles. The van der Waals surface area contributed by atoms with E-state index in [4.69, 9.17) is 28.6 Å². The SMILES string of the molecule is CCOC(=O)CC1OB(O)c2cc(Oc3ccncn3)ccc21.O=C(O)CC1OB(O)c2cc(Oc3ccncn3)ccc21.[Li+].[OH-]. The average Bonchev–Trinajstić information content (AvgIpc) is 3.48. The van der Waals surface area contributed by atoms with Crippen LogP contribution in [0.4, 0.5) is 0 Å². The van der Waals surface area contributed by atoms with Gasteiger partial charge in [-0.2, -0.15) is 0 Å². The molecule has 6 rings (SSSR count). The van der Waals surface area contributed by atoms with Crippen LogP contribution in [0.1, 0.15) is 43.1 Å². The number of carboxylic acid groups (broad SMARTS) is 1. The topological polar surface area (TPSA) is 223 Å². The molecular formula is C28H27B2LiN4O11. The van der Waals surface area contributed by atoms with Crippen molar-refractivity contribution in [1.82, 2.24) is 19.9 Å². The standard InChI is InChI=1S/C15H15BN2O5.C13H11BN2O5.Li.H2O/c1-2-21-15(19)8-13-11-4-3-10(7-12(11)16(20)23-13)22-14-5-6-17-9-18-14;17-13(18)6-11-9-2-1-8(5-10(9)14(19)21-11)20-12-3-4-15-7-16-12;;/h3-7,9,13,20H,2,8H2,1H3;1-5,7,11,19H,6H2,(H,17,18);;1H2/q;;+1;/p-1. The van der Waals surface area contributed by atoms with Crippen molar-refractivity contribution in [3.63, 3.8) is 0 Å². The van der Waals surface area contributed by atoms with Gasteiger partial charge in [0.2, 0.25) is 11.8 Å². The van der Waals surface area contributed by atoms with Gasteiger partial charge in [0.15, 0.2) is 0 Å². The van der Waals surface area contributed by atoms with Crippen molar-refractivity contribution >= 4 is 37.1 Å². The number of carbonyl (C=O) groups is 2. The van der Waals surface area contributed by atoms with Gasteiger partial charge in [-0.05, 0) is 53.2 Å². The molecule has 46 heavy (non-hydrogen) atoms. The summed E-state index contributed by atoms with van der Waals surface area (Å²) in [6.45, 7) is 2.06. The maximum atomic E-state index is 11.6. The number of aromatic nitrogens is 4. The van der Waals surface area contributed by atoms with E-state index in [1.807, 2.05) is 0 Å². The number of fused-ring (bicyclic) bond motifs is 2. The number of hydrogen-bond donors (Lipinski definition) is 3. The largest absolute Gasteiger partial charge is 1.00 e. The maximum Gasteiger partial charge on any atom is 1.00 e. The van der Waals surface area contributed by atoms with Gasteiger partial charge in [-0.3, -0.25) is 9.59 Å². The number of aliphatic carboxylic acids is 1. The number of rotatable bonds is 9. The number of benzene rings is 2. The van der Waals surface area contributed by atoms with E-state index in [1.54, 1.807) is 67.8 Å². The second-order valence-electron chi connectivity index (χ2n) is 9.44. The molecule has 2 atom stereocenters. The summed E-state index contributed by atoms with van der Waals surface area (Å²) in [7, 11) is -2.25. The molecule has 4 N–H and O–H groups in total. The Bertz CT molecular complexity index is 1610. The minimum absolute atomic E-state index is 0. The van der Waals surface area contributed by atoms with Gasteiger partial charge in [-0.25, -0.2) is 19.9 Å². The molecule has 2 aromatic carbocycles. The summed E-state index contributed by atoms with van der Waals surface area (Å²) in [5.74, 6) is 0.421. The normalized spacial score (nSPS) is 15.6. The number of carboxylic acids is 1. The van der Waals surface area contributed by atoms with Crippen molar-refractivity contribution < 1.29 is 72.6 Å². The molecule has 0 bridgehead atoms. The zero-order valence-corrected chi connectivity index (χ0v) is 24.8. The van der Waals surface area contributed by atoms with Crippen LogP contribution in [-0.4, -0.2) is 73.3 Å². The molecule has 18 heteroatoms. The molecule has 0 fully saturated rings.